The lowest BCUT2D eigenvalue weighted by Crippen LogP contribution is -2.26. The van der Waals surface area contributed by atoms with Gasteiger partial charge < -0.3 is 0 Å². The fourth-order valence-electron chi connectivity index (χ4n) is 9.47. The Balaban J connectivity index is 1.17. The van der Waals surface area contributed by atoms with E-state index in [-0.39, 0.29) is 55.6 Å². The standard InChI is InChI=1S/C61H42P2S2/c64-62(47-17-5-1-6-18-47,48-19-7-2-8-20-48)51-35-29-43(30-36-51)45-33-39-55-56-40-34-46(42-60(56)61(59(55)41-45)57-27-15-13-25-53(57)54-26-14-16-28-58(54)61)44-31-37-52(38-32-44)63(65,49-21-9-3-10-22-49)50-23-11-4-12-24-50/h1-42H/i13D,14D,15D,16D,25D,26D,27D,28D,33D,34D,39D,40D,41D,42D. The average molecular weight is 915 g/mol. The molecular formula is C61H42P2S2. The van der Waals surface area contributed by atoms with Crippen molar-refractivity contribution in [2.45, 2.75) is 5.41 Å². The minimum Gasteiger partial charge on any atom is -0.0826 e. The minimum atomic E-state index is -2.70. The molecule has 308 valence electrons. The number of benzene rings is 10. The number of rotatable bonds is 8. The summed E-state index contributed by atoms with van der Waals surface area (Å²) in [6.07, 6.45) is 0. The zero-order valence-electron chi connectivity index (χ0n) is 48.4. The molecular weight excluding hydrogens is 859 g/mol. The third-order valence-electron chi connectivity index (χ3n) is 12.5. The lowest BCUT2D eigenvalue weighted by Gasteiger charge is -2.31. The fraction of sp³-hybridized carbons (Fsp3) is 0.0164. The van der Waals surface area contributed by atoms with Crippen LogP contribution in [0.2, 0.25) is 0 Å². The highest BCUT2D eigenvalue weighted by molar-refractivity contribution is 8.26. The highest BCUT2D eigenvalue weighted by Gasteiger charge is 2.51. The van der Waals surface area contributed by atoms with Crippen molar-refractivity contribution < 1.29 is 19.2 Å². The van der Waals surface area contributed by atoms with Crippen molar-refractivity contribution in [2.24, 2.45) is 0 Å². The van der Waals surface area contributed by atoms with Crippen LogP contribution < -0.4 is 31.8 Å². The van der Waals surface area contributed by atoms with Crippen molar-refractivity contribution in [3.05, 3.63) is 277 Å². The molecule has 0 bridgehead atoms. The van der Waals surface area contributed by atoms with E-state index >= 15 is 0 Å². The average Bonchev–Trinajstić information content (AvgIpc) is 2.66. The normalized spacial score (nSPS) is 16.2. The van der Waals surface area contributed by atoms with Crippen LogP contribution in [0.4, 0.5) is 0 Å². The summed E-state index contributed by atoms with van der Waals surface area (Å²) in [5.41, 5.74) is -4.02. The molecule has 0 aromatic heterocycles. The zero-order valence-corrected chi connectivity index (χ0v) is 37.8. The maximum atomic E-state index is 10.5. The van der Waals surface area contributed by atoms with Gasteiger partial charge in [0.15, 0.2) is 0 Å². The number of hydrogen-bond donors (Lipinski definition) is 0. The van der Waals surface area contributed by atoms with E-state index < -0.39 is 102 Å². The Bertz CT molecular complexity index is 3970. The van der Waals surface area contributed by atoms with Crippen molar-refractivity contribution in [3.63, 3.8) is 0 Å². The van der Waals surface area contributed by atoms with Crippen molar-refractivity contribution in [3.8, 4) is 44.5 Å². The summed E-state index contributed by atoms with van der Waals surface area (Å²) in [4.78, 5) is 0. The third-order valence-corrected chi connectivity index (χ3v) is 22.5. The summed E-state index contributed by atoms with van der Waals surface area (Å²) in [7, 11) is 0. The Labute approximate surface area is 411 Å². The summed E-state index contributed by atoms with van der Waals surface area (Å²) in [5.74, 6) is 0. The molecule has 10 aromatic rings. The third kappa shape index (κ3) is 6.16. The van der Waals surface area contributed by atoms with Crippen LogP contribution in [0.3, 0.4) is 0 Å². The van der Waals surface area contributed by atoms with Crippen LogP contribution in [-0.2, 0) is 29.0 Å². The molecule has 2 aliphatic rings. The molecule has 1 spiro atoms. The van der Waals surface area contributed by atoms with Crippen LogP contribution in [0.25, 0.3) is 44.5 Å². The largest absolute Gasteiger partial charge is 0.0826 e. The Hall–Kier alpha value is -6.50. The second kappa shape index (κ2) is 15.9. The molecule has 0 saturated carbocycles. The molecule has 0 nitrogen and oxygen atoms in total. The quantitative estimate of drug-likeness (QED) is 0.139. The maximum Gasteiger partial charge on any atom is 0.0725 e. The van der Waals surface area contributed by atoms with Gasteiger partial charge in [0.05, 0.1) is 24.6 Å². The molecule has 0 unspecified atom stereocenters. The van der Waals surface area contributed by atoms with Crippen molar-refractivity contribution in [2.75, 3.05) is 0 Å². The lowest BCUT2D eigenvalue weighted by atomic mass is 9.70. The fourth-order valence-corrected chi connectivity index (χ4v) is 17.0. The van der Waals surface area contributed by atoms with Gasteiger partial charge in [-0.2, -0.15) is 0 Å². The van der Waals surface area contributed by atoms with Crippen molar-refractivity contribution >= 4 is 67.5 Å². The predicted molar refractivity (Wildman–Crippen MR) is 286 cm³/mol. The van der Waals surface area contributed by atoms with E-state index in [0.717, 1.165) is 31.8 Å². The van der Waals surface area contributed by atoms with Crippen LogP contribution in [0.15, 0.2) is 254 Å². The molecule has 0 N–H and O–H groups in total. The molecule has 0 fully saturated rings. The van der Waals surface area contributed by atoms with Crippen molar-refractivity contribution in [1.29, 1.82) is 0 Å². The van der Waals surface area contributed by atoms with Gasteiger partial charge in [0.1, 0.15) is 0 Å². The van der Waals surface area contributed by atoms with Crippen LogP contribution in [-0.4, -0.2) is 0 Å². The lowest BCUT2D eigenvalue weighted by molar-refractivity contribution is 0.794. The maximum absolute atomic E-state index is 10.5. The topological polar surface area (TPSA) is 0 Å². The molecule has 65 heavy (non-hydrogen) atoms. The Kier molecular flexibility index (Phi) is 6.78. The van der Waals surface area contributed by atoms with Gasteiger partial charge in [0, 0.05) is 12.1 Å². The van der Waals surface area contributed by atoms with Gasteiger partial charge in [0.25, 0.3) is 0 Å². The molecule has 0 heterocycles. The molecule has 0 aliphatic heterocycles. The van der Waals surface area contributed by atoms with Gasteiger partial charge >= 0.3 is 0 Å². The Morgan fingerprint density at radius 3 is 0.923 bits per heavy atom. The first-order chi connectivity index (χ1) is 37.8. The molecule has 0 atom stereocenters. The summed E-state index contributed by atoms with van der Waals surface area (Å²) >= 11 is 13.3. The minimum absolute atomic E-state index is 0.0839. The summed E-state index contributed by atoms with van der Waals surface area (Å²) in [6.45, 7) is 0. The van der Waals surface area contributed by atoms with E-state index in [2.05, 4.69) is 0 Å². The molecule has 4 heteroatoms. The monoisotopic (exact) mass is 914 g/mol. The molecule has 0 saturated heterocycles. The van der Waals surface area contributed by atoms with Gasteiger partial charge in [-0.25, -0.2) is 0 Å². The summed E-state index contributed by atoms with van der Waals surface area (Å²) < 4.78 is 135. The van der Waals surface area contributed by atoms with Gasteiger partial charge in [0.2, 0.25) is 0 Å². The first-order valence-electron chi connectivity index (χ1n) is 28.0. The second-order valence-corrected chi connectivity index (χ2v) is 24.7. The van der Waals surface area contributed by atoms with Crippen LogP contribution >= 0.6 is 12.1 Å². The summed E-state index contributed by atoms with van der Waals surface area (Å²) in [6, 6.07) is 39.6. The molecule has 0 radical (unpaired) electrons. The smallest absolute Gasteiger partial charge is 0.0725 e. The molecule has 0 amide bonds. The summed E-state index contributed by atoms with van der Waals surface area (Å²) in [5, 5.41) is 5.32. The first-order valence-corrected chi connectivity index (χ1v) is 26.6. The van der Waals surface area contributed by atoms with Crippen molar-refractivity contribution in [1.82, 2.24) is 0 Å². The highest BCUT2D eigenvalue weighted by atomic mass is 32.4. The van der Waals surface area contributed by atoms with Gasteiger partial charge in [-0.1, -0.05) is 266 Å². The zero-order chi connectivity index (χ0) is 55.8. The molecule has 2 aliphatic carbocycles. The predicted octanol–water partition coefficient (Wildman–Crippen LogP) is 12.9. The van der Waals surface area contributed by atoms with Gasteiger partial charge in [-0.15, -0.1) is 0 Å². The van der Waals surface area contributed by atoms with E-state index in [1.807, 2.05) is 146 Å². The number of fused-ring (bicyclic) bond motifs is 10. The number of hydrogen-bond acceptors (Lipinski definition) is 2. The SMILES string of the molecule is [2H]c1c([2H])c([2H])c2c(c1[2H])-c1c([2H])c([2H])c([2H])c([2H])c1C21c2c([2H])c(-c3ccc(P(=S)(c4ccccc4)c4ccccc4)cc3)c([2H])c([2H])c2-c2c([2H])c([2H])c(-c3ccc(P(=S)(c4ccccc4)c4ccccc4)cc3)c([2H])c21. The van der Waals surface area contributed by atoms with E-state index in [1.54, 1.807) is 24.3 Å². The van der Waals surface area contributed by atoms with Crippen LogP contribution in [0, 0.1) is 0 Å². The van der Waals surface area contributed by atoms with E-state index in [1.165, 1.54) is 0 Å². The van der Waals surface area contributed by atoms with Gasteiger partial charge in [-0.05, 0) is 111 Å². The molecule has 12 rings (SSSR count). The van der Waals surface area contributed by atoms with Crippen LogP contribution in [0.5, 0.6) is 0 Å². The first kappa shape index (κ1) is 27.7. The van der Waals surface area contributed by atoms with E-state index in [0.29, 0.717) is 11.1 Å². The highest BCUT2D eigenvalue weighted by Crippen LogP contribution is 2.63. The van der Waals surface area contributed by atoms with E-state index in [4.69, 9.17) is 29.1 Å². The van der Waals surface area contributed by atoms with Crippen LogP contribution in [0.1, 0.15) is 41.4 Å². The molecule has 10 aromatic carbocycles. The second-order valence-electron chi connectivity index (χ2n) is 15.9. The Morgan fingerprint density at radius 2 is 0.585 bits per heavy atom. The Morgan fingerprint density at radius 1 is 0.292 bits per heavy atom. The van der Waals surface area contributed by atoms with Gasteiger partial charge in [-0.3, -0.25) is 0 Å². The van der Waals surface area contributed by atoms with E-state index in [9.17, 15) is 13.7 Å².